The van der Waals surface area contributed by atoms with E-state index in [1.807, 2.05) is 0 Å². The molecule has 0 aliphatic carbocycles. The highest BCUT2D eigenvalue weighted by Gasteiger charge is 2.22. The molecule has 0 fully saturated rings. The van der Waals surface area contributed by atoms with Gasteiger partial charge in [0, 0.05) is 18.4 Å². The summed E-state index contributed by atoms with van der Waals surface area (Å²) >= 11 is 0. The molecule has 2 aromatic heterocycles. The first kappa shape index (κ1) is 13.7. The topological polar surface area (TPSA) is 98.0 Å². The van der Waals surface area contributed by atoms with Crippen LogP contribution in [0.1, 0.15) is 18.5 Å². The van der Waals surface area contributed by atoms with Crippen molar-refractivity contribution in [2.75, 3.05) is 0 Å². The molecule has 0 amide bonds. The fourth-order valence-electron chi connectivity index (χ4n) is 1.99. The lowest BCUT2D eigenvalue weighted by Crippen LogP contribution is -2.27. The number of benzene rings is 1. The second-order valence-corrected chi connectivity index (χ2v) is 6.20. The standard InChI is InChI=1S/C13H12N4O3S/c1-9(10-4-3-7-14-8-10)17-21(18,19)12-6-2-5-11-13(12)16-20-15-11/h2-9,17H,1H3/t9-/m1/s1. The lowest BCUT2D eigenvalue weighted by molar-refractivity contribution is 0.315. The molecule has 21 heavy (non-hydrogen) atoms. The van der Waals surface area contributed by atoms with E-state index in [9.17, 15) is 8.42 Å². The summed E-state index contributed by atoms with van der Waals surface area (Å²) in [7, 11) is -3.74. The van der Waals surface area contributed by atoms with Crippen LogP contribution < -0.4 is 4.72 Å². The molecular formula is C13H12N4O3S. The Hall–Kier alpha value is -2.32. The van der Waals surface area contributed by atoms with Crippen molar-refractivity contribution >= 4 is 21.1 Å². The molecule has 3 rings (SSSR count). The van der Waals surface area contributed by atoms with Crippen LogP contribution in [0.2, 0.25) is 0 Å². The van der Waals surface area contributed by atoms with Gasteiger partial charge in [0.1, 0.15) is 10.4 Å². The maximum atomic E-state index is 12.5. The van der Waals surface area contributed by atoms with E-state index in [1.54, 1.807) is 43.6 Å². The van der Waals surface area contributed by atoms with Crippen molar-refractivity contribution in [1.29, 1.82) is 0 Å². The van der Waals surface area contributed by atoms with Crippen LogP contribution >= 0.6 is 0 Å². The molecule has 0 aliphatic rings. The third kappa shape index (κ3) is 2.63. The van der Waals surface area contributed by atoms with Crippen molar-refractivity contribution in [3.63, 3.8) is 0 Å². The highest BCUT2D eigenvalue weighted by Crippen LogP contribution is 2.22. The zero-order chi connectivity index (χ0) is 14.9. The van der Waals surface area contributed by atoms with Gasteiger partial charge in [-0.05, 0) is 41.0 Å². The number of nitrogens with one attached hydrogen (secondary N) is 1. The number of hydrogen-bond acceptors (Lipinski definition) is 6. The molecule has 0 spiro atoms. The third-order valence-corrected chi connectivity index (χ3v) is 4.63. The van der Waals surface area contributed by atoms with Crippen LogP contribution in [0.4, 0.5) is 0 Å². The van der Waals surface area contributed by atoms with Crippen molar-refractivity contribution in [2.24, 2.45) is 0 Å². The molecule has 3 aromatic rings. The van der Waals surface area contributed by atoms with Gasteiger partial charge in [0.25, 0.3) is 0 Å². The van der Waals surface area contributed by atoms with Crippen LogP contribution in [0.3, 0.4) is 0 Å². The van der Waals surface area contributed by atoms with E-state index in [4.69, 9.17) is 0 Å². The SMILES string of the molecule is C[C@@H](NS(=O)(=O)c1cccc2nonc12)c1cccnc1. The van der Waals surface area contributed by atoms with Gasteiger partial charge in [0.15, 0.2) is 5.52 Å². The fraction of sp³-hybridized carbons (Fsp3) is 0.154. The summed E-state index contributed by atoms with van der Waals surface area (Å²) in [6, 6.07) is 7.83. The van der Waals surface area contributed by atoms with Gasteiger partial charge in [-0.25, -0.2) is 17.8 Å². The molecule has 1 atom stereocenters. The average Bonchev–Trinajstić information content (AvgIpc) is 2.95. The minimum Gasteiger partial charge on any atom is -0.264 e. The Morgan fingerprint density at radius 2 is 2.05 bits per heavy atom. The summed E-state index contributed by atoms with van der Waals surface area (Å²) in [5.74, 6) is 0. The predicted molar refractivity (Wildman–Crippen MR) is 74.8 cm³/mol. The molecule has 1 aromatic carbocycles. The van der Waals surface area contributed by atoms with Crippen LogP contribution in [-0.4, -0.2) is 23.7 Å². The number of hydrogen-bond donors (Lipinski definition) is 1. The van der Waals surface area contributed by atoms with Crippen LogP contribution in [0.5, 0.6) is 0 Å². The molecule has 1 N–H and O–H groups in total. The van der Waals surface area contributed by atoms with Crippen LogP contribution in [0.15, 0.2) is 52.3 Å². The minimum absolute atomic E-state index is 0.0389. The molecule has 0 saturated heterocycles. The van der Waals surface area contributed by atoms with Gasteiger partial charge < -0.3 is 0 Å². The molecule has 0 radical (unpaired) electrons. The first-order chi connectivity index (χ1) is 10.1. The minimum atomic E-state index is -3.74. The molecule has 108 valence electrons. The Labute approximate surface area is 121 Å². The van der Waals surface area contributed by atoms with Crippen molar-refractivity contribution in [3.05, 3.63) is 48.3 Å². The van der Waals surface area contributed by atoms with E-state index < -0.39 is 16.1 Å². The molecule has 0 bridgehead atoms. The highest BCUT2D eigenvalue weighted by molar-refractivity contribution is 7.89. The van der Waals surface area contributed by atoms with Crippen LogP contribution in [0, 0.1) is 0 Å². The molecular weight excluding hydrogens is 292 g/mol. The van der Waals surface area contributed by atoms with Gasteiger partial charge in [-0.15, -0.1) is 0 Å². The molecule has 0 aliphatic heterocycles. The third-order valence-electron chi connectivity index (χ3n) is 3.05. The van der Waals surface area contributed by atoms with Gasteiger partial charge in [-0.3, -0.25) is 4.98 Å². The first-order valence-electron chi connectivity index (χ1n) is 6.21. The number of fused-ring (bicyclic) bond motifs is 1. The molecule has 7 nitrogen and oxygen atoms in total. The smallest absolute Gasteiger partial charge is 0.243 e. The maximum Gasteiger partial charge on any atom is 0.243 e. The Morgan fingerprint density at radius 3 is 2.81 bits per heavy atom. The van der Waals surface area contributed by atoms with Gasteiger partial charge in [-0.2, -0.15) is 0 Å². The van der Waals surface area contributed by atoms with Crippen molar-refractivity contribution < 1.29 is 13.0 Å². The molecule has 0 unspecified atom stereocenters. The van der Waals surface area contributed by atoms with E-state index in [1.165, 1.54) is 6.07 Å². The zero-order valence-corrected chi connectivity index (χ0v) is 11.9. The van der Waals surface area contributed by atoms with Crippen LogP contribution in [0.25, 0.3) is 11.0 Å². The predicted octanol–water partition coefficient (Wildman–Crippen LogP) is 1.66. The highest BCUT2D eigenvalue weighted by atomic mass is 32.2. The van der Waals surface area contributed by atoms with E-state index in [0.717, 1.165) is 5.56 Å². The van der Waals surface area contributed by atoms with Crippen LogP contribution in [-0.2, 0) is 10.0 Å². The van der Waals surface area contributed by atoms with Gasteiger partial charge in [-0.1, -0.05) is 12.1 Å². The fourth-order valence-corrected chi connectivity index (χ4v) is 3.38. The van der Waals surface area contributed by atoms with E-state index in [-0.39, 0.29) is 10.4 Å². The Bertz CT molecular complexity index is 861. The Balaban J connectivity index is 1.96. The number of pyridine rings is 1. The second-order valence-electron chi connectivity index (χ2n) is 4.52. The first-order valence-corrected chi connectivity index (χ1v) is 7.70. The number of rotatable bonds is 4. The molecule has 0 saturated carbocycles. The summed E-state index contributed by atoms with van der Waals surface area (Å²) < 4.78 is 32.2. The van der Waals surface area contributed by atoms with Gasteiger partial charge in [0.2, 0.25) is 10.0 Å². The normalized spacial score (nSPS) is 13.4. The second kappa shape index (κ2) is 5.23. The summed E-state index contributed by atoms with van der Waals surface area (Å²) in [5, 5.41) is 7.29. The van der Waals surface area contributed by atoms with Gasteiger partial charge >= 0.3 is 0 Å². The van der Waals surface area contributed by atoms with Crippen molar-refractivity contribution in [2.45, 2.75) is 17.9 Å². The summed E-state index contributed by atoms with van der Waals surface area (Å²) in [6.07, 6.45) is 3.25. The van der Waals surface area contributed by atoms with E-state index in [2.05, 4.69) is 24.6 Å². The summed E-state index contributed by atoms with van der Waals surface area (Å²) in [4.78, 5) is 4.02. The zero-order valence-electron chi connectivity index (χ0n) is 11.1. The average molecular weight is 304 g/mol. The number of sulfonamides is 1. The van der Waals surface area contributed by atoms with Crippen molar-refractivity contribution in [1.82, 2.24) is 20.0 Å². The molecule has 2 heterocycles. The van der Waals surface area contributed by atoms with E-state index in [0.29, 0.717) is 5.52 Å². The number of aromatic nitrogens is 3. The largest absolute Gasteiger partial charge is 0.264 e. The van der Waals surface area contributed by atoms with E-state index >= 15 is 0 Å². The monoisotopic (exact) mass is 304 g/mol. The van der Waals surface area contributed by atoms with Crippen molar-refractivity contribution in [3.8, 4) is 0 Å². The quantitative estimate of drug-likeness (QED) is 0.787. The maximum absolute atomic E-state index is 12.5. The molecule has 8 heteroatoms. The lowest BCUT2D eigenvalue weighted by Gasteiger charge is -2.14. The van der Waals surface area contributed by atoms with Gasteiger partial charge in [0.05, 0.1) is 0 Å². The summed E-state index contributed by atoms with van der Waals surface area (Å²) in [6.45, 7) is 1.75. The lowest BCUT2D eigenvalue weighted by atomic mass is 10.2. The number of nitrogens with zero attached hydrogens (tertiary/aromatic N) is 3. The Kier molecular flexibility index (Phi) is 3.40. The Morgan fingerprint density at radius 1 is 1.19 bits per heavy atom. The summed E-state index contributed by atoms with van der Waals surface area (Å²) in [5.41, 5.74) is 1.38.